The third kappa shape index (κ3) is 4.51. The quantitative estimate of drug-likeness (QED) is 0.309. The number of anilines is 1. The lowest BCUT2D eigenvalue weighted by atomic mass is 9.41. The monoisotopic (exact) mass is 518 g/mol. The summed E-state index contributed by atoms with van der Waals surface area (Å²) < 4.78 is 0. The van der Waals surface area contributed by atoms with Crippen molar-refractivity contribution in [2.75, 3.05) is 18.4 Å². The molecule has 6 N–H and O–H groups in total. The smallest absolute Gasteiger partial charge is 0.263 e. The summed E-state index contributed by atoms with van der Waals surface area (Å²) in [4.78, 5) is 0. The lowest BCUT2D eigenvalue weighted by Crippen LogP contribution is -2.65. The number of aliphatic hydroxyl groups is 3. The summed E-state index contributed by atoms with van der Waals surface area (Å²) in [5.74, 6) is 2.88. The molecule has 37 heavy (non-hydrogen) atoms. The first-order valence-corrected chi connectivity index (χ1v) is 14.9. The highest BCUT2D eigenvalue weighted by atomic mass is 16.3. The molecule has 0 aromatic carbocycles. The number of rotatable bonds is 8. The number of tetrazole rings is 1. The number of H-pyrrole nitrogens is 1. The average molecular weight is 519 g/mol. The summed E-state index contributed by atoms with van der Waals surface area (Å²) in [5.41, 5.74) is -0.0768. The Morgan fingerprint density at radius 3 is 2.51 bits per heavy atom. The number of aliphatic hydroxyl groups excluding tert-OH is 3. The summed E-state index contributed by atoms with van der Waals surface area (Å²) in [6.07, 6.45) is 5.70. The second-order valence-electron chi connectivity index (χ2n) is 13.6. The Labute approximate surface area is 222 Å². The molecule has 0 spiro atoms. The third-order valence-electron chi connectivity index (χ3n) is 11.9. The molecule has 9 nitrogen and oxygen atoms in total. The van der Waals surface area contributed by atoms with Gasteiger partial charge in [-0.3, -0.25) is 0 Å². The highest BCUT2D eigenvalue weighted by molar-refractivity contribution is 5.20. The minimum Gasteiger partial charge on any atom is -0.393 e. The summed E-state index contributed by atoms with van der Waals surface area (Å²) >= 11 is 0. The van der Waals surface area contributed by atoms with Gasteiger partial charge in [0.25, 0.3) is 5.95 Å². The van der Waals surface area contributed by atoms with Crippen molar-refractivity contribution in [3.63, 3.8) is 0 Å². The molecule has 4 saturated carbocycles. The van der Waals surface area contributed by atoms with Crippen molar-refractivity contribution in [3.8, 4) is 0 Å². The van der Waals surface area contributed by atoms with Gasteiger partial charge in [-0.2, -0.15) is 5.21 Å². The minimum absolute atomic E-state index is 0.0964. The van der Waals surface area contributed by atoms with Crippen LogP contribution in [0.4, 0.5) is 5.95 Å². The molecule has 4 fully saturated rings. The predicted molar refractivity (Wildman–Crippen MR) is 142 cm³/mol. The molecular weight excluding hydrogens is 468 g/mol. The normalized spacial score (nSPS) is 47.0. The van der Waals surface area contributed by atoms with Gasteiger partial charge < -0.3 is 26.0 Å². The van der Waals surface area contributed by atoms with Crippen LogP contribution in [0.5, 0.6) is 0 Å². The van der Waals surface area contributed by atoms with Crippen LogP contribution in [0.25, 0.3) is 0 Å². The third-order valence-corrected chi connectivity index (χ3v) is 11.9. The SMILES string of the molecule is CC[C@H]1[C@@H](O)C2C3CCC([C@H](C)CNC[C@H](C)Nc4nn[nH]n4)[C@@]3(C)[C@@H](O)CC2[C@@]2(C)CC[C@@H](O)C[C@@H]12. The van der Waals surface area contributed by atoms with Crippen LogP contribution in [0.1, 0.15) is 79.6 Å². The van der Waals surface area contributed by atoms with Crippen molar-refractivity contribution in [3.05, 3.63) is 0 Å². The standard InChI is InChI=1S/C28H50N6O3/c1-6-18-21-11-17(35)9-10-27(21,4)22-12-23(36)28(5)19(7-8-20(28)24(22)25(18)37)15(2)13-29-14-16(3)30-26-31-33-34-32-26/h15-25,29,35-37H,6-14H2,1-5H3,(H2,30,31,32,33,34)/t15-,16+,17-,18-,19?,20?,21+,22?,23+,24?,25-,27+,28-/m1/s1. The van der Waals surface area contributed by atoms with Crippen LogP contribution in [0.3, 0.4) is 0 Å². The van der Waals surface area contributed by atoms with Crippen LogP contribution >= 0.6 is 0 Å². The molecule has 0 saturated heterocycles. The van der Waals surface area contributed by atoms with Gasteiger partial charge >= 0.3 is 0 Å². The van der Waals surface area contributed by atoms with Crippen LogP contribution in [0.15, 0.2) is 0 Å². The van der Waals surface area contributed by atoms with Crippen LogP contribution in [-0.2, 0) is 0 Å². The van der Waals surface area contributed by atoms with E-state index >= 15 is 0 Å². The largest absolute Gasteiger partial charge is 0.393 e. The first kappa shape index (κ1) is 27.3. The average Bonchev–Trinajstić information content (AvgIpc) is 3.49. The molecule has 5 rings (SSSR count). The van der Waals surface area contributed by atoms with Gasteiger partial charge in [0.2, 0.25) is 0 Å². The van der Waals surface area contributed by atoms with Gasteiger partial charge in [0.15, 0.2) is 0 Å². The predicted octanol–water partition coefficient (Wildman–Crippen LogP) is 2.82. The Bertz CT molecular complexity index is 902. The number of hydrogen-bond acceptors (Lipinski definition) is 8. The molecule has 4 unspecified atom stereocenters. The molecule has 1 aromatic heterocycles. The van der Waals surface area contributed by atoms with Gasteiger partial charge in [-0.15, -0.1) is 5.10 Å². The topological polar surface area (TPSA) is 139 Å². The van der Waals surface area contributed by atoms with Crippen LogP contribution < -0.4 is 10.6 Å². The molecular formula is C28H50N6O3. The molecule has 13 atom stereocenters. The zero-order chi connectivity index (χ0) is 26.5. The Morgan fingerprint density at radius 2 is 1.81 bits per heavy atom. The van der Waals surface area contributed by atoms with Crippen molar-refractivity contribution in [1.29, 1.82) is 0 Å². The number of aromatic amines is 1. The van der Waals surface area contributed by atoms with Gasteiger partial charge in [-0.1, -0.05) is 39.2 Å². The van der Waals surface area contributed by atoms with E-state index in [-0.39, 0.29) is 47.0 Å². The lowest BCUT2D eigenvalue weighted by Gasteiger charge is -2.65. The molecule has 4 aliphatic carbocycles. The van der Waals surface area contributed by atoms with Crippen molar-refractivity contribution in [2.24, 2.45) is 52.3 Å². The highest BCUT2D eigenvalue weighted by Crippen LogP contribution is 2.69. The van der Waals surface area contributed by atoms with E-state index in [4.69, 9.17) is 0 Å². The zero-order valence-corrected chi connectivity index (χ0v) is 23.4. The van der Waals surface area contributed by atoms with Crippen molar-refractivity contribution >= 4 is 5.95 Å². The number of hydrogen-bond donors (Lipinski definition) is 6. The number of nitrogens with one attached hydrogen (secondary N) is 3. The van der Waals surface area contributed by atoms with E-state index in [2.05, 4.69) is 65.9 Å². The Morgan fingerprint density at radius 1 is 1.03 bits per heavy atom. The molecule has 9 heteroatoms. The fraction of sp³-hybridized carbons (Fsp3) is 0.964. The van der Waals surface area contributed by atoms with E-state index in [9.17, 15) is 15.3 Å². The second kappa shape index (κ2) is 10.4. The van der Waals surface area contributed by atoms with Gasteiger partial charge in [0, 0.05) is 12.6 Å². The molecule has 0 radical (unpaired) electrons. The molecule has 1 aromatic rings. The highest BCUT2D eigenvalue weighted by Gasteiger charge is 2.67. The van der Waals surface area contributed by atoms with Gasteiger partial charge in [0.05, 0.1) is 18.3 Å². The molecule has 0 amide bonds. The van der Waals surface area contributed by atoms with Crippen LogP contribution in [-0.4, -0.2) is 73.4 Å². The van der Waals surface area contributed by atoms with E-state index in [0.29, 0.717) is 35.5 Å². The first-order chi connectivity index (χ1) is 17.6. The molecule has 210 valence electrons. The molecule has 1 heterocycles. The van der Waals surface area contributed by atoms with Crippen LogP contribution in [0, 0.1) is 52.3 Å². The number of fused-ring (bicyclic) bond motifs is 5. The van der Waals surface area contributed by atoms with E-state index in [1.807, 2.05) is 0 Å². The zero-order valence-electron chi connectivity index (χ0n) is 23.4. The maximum atomic E-state index is 11.9. The fourth-order valence-electron chi connectivity index (χ4n) is 10.1. The van der Waals surface area contributed by atoms with Gasteiger partial charge in [-0.05, 0) is 109 Å². The van der Waals surface area contributed by atoms with E-state index < -0.39 is 0 Å². The summed E-state index contributed by atoms with van der Waals surface area (Å²) in [5, 5.41) is 55.1. The van der Waals surface area contributed by atoms with E-state index in [0.717, 1.165) is 58.0 Å². The second-order valence-corrected chi connectivity index (χ2v) is 13.6. The van der Waals surface area contributed by atoms with Gasteiger partial charge in [0.1, 0.15) is 0 Å². The first-order valence-electron chi connectivity index (χ1n) is 14.9. The lowest BCUT2D eigenvalue weighted by molar-refractivity contribution is -0.228. The minimum atomic E-state index is -0.345. The molecule has 0 aliphatic heterocycles. The maximum Gasteiger partial charge on any atom is 0.263 e. The van der Waals surface area contributed by atoms with Crippen molar-refractivity contribution in [2.45, 2.75) is 104 Å². The summed E-state index contributed by atoms with van der Waals surface area (Å²) in [6, 6.07) is 0.170. The van der Waals surface area contributed by atoms with Gasteiger partial charge in [-0.25, -0.2) is 0 Å². The van der Waals surface area contributed by atoms with E-state index in [1.165, 1.54) is 0 Å². The Balaban J connectivity index is 1.29. The van der Waals surface area contributed by atoms with Crippen molar-refractivity contribution in [1.82, 2.24) is 25.9 Å². The Kier molecular flexibility index (Phi) is 7.64. The fourth-order valence-corrected chi connectivity index (χ4v) is 10.1. The Hall–Kier alpha value is -1.29. The summed E-state index contributed by atoms with van der Waals surface area (Å²) in [7, 11) is 0. The molecule has 4 aliphatic rings. The summed E-state index contributed by atoms with van der Waals surface area (Å²) in [6.45, 7) is 13.1. The molecule has 0 bridgehead atoms. The maximum absolute atomic E-state index is 11.9. The van der Waals surface area contributed by atoms with E-state index in [1.54, 1.807) is 0 Å². The number of nitrogens with zero attached hydrogens (tertiary/aromatic N) is 3. The van der Waals surface area contributed by atoms with Crippen molar-refractivity contribution < 1.29 is 15.3 Å². The van der Waals surface area contributed by atoms with Crippen LogP contribution in [0.2, 0.25) is 0 Å². The number of aromatic nitrogens is 4.